The molecule has 8 nitrogen and oxygen atoms in total. The number of carbonyl (C=O) groups excluding carboxylic acids is 2. The Labute approximate surface area is 193 Å². The third kappa shape index (κ3) is 6.54. The summed E-state index contributed by atoms with van der Waals surface area (Å²) in [5.41, 5.74) is -0.956. The van der Waals surface area contributed by atoms with Crippen LogP contribution in [0.2, 0.25) is 0 Å². The van der Waals surface area contributed by atoms with Gasteiger partial charge in [0, 0.05) is 12.0 Å². The highest BCUT2D eigenvalue weighted by Crippen LogP contribution is 2.50. The van der Waals surface area contributed by atoms with Crippen molar-refractivity contribution < 1.29 is 32.2 Å². The first-order valence-corrected chi connectivity index (χ1v) is 12.8. The van der Waals surface area contributed by atoms with Crippen LogP contribution >= 0.6 is 0 Å². The number of nitrogens with one attached hydrogen (secondary N) is 1. The molecule has 0 bridgehead atoms. The van der Waals surface area contributed by atoms with Crippen LogP contribution in [0, 0.1) is 5.82 Å². The summed E-state index contributed by atoms with van der Waals surface area (Å²) in [5.74, 6) is -0.992. The molecule has 0 aromatic heterocycles. The molecule has 0 radical (unpaired) electrons. The number of nitrogens with zero attached hydrogens (tertiary/aromatic N) is 1. The van der Waals surface area contributed by atoms with Gasteiger partial charge in [0.2, 0.25) is 0 Å². The Kier molecular flexibility index (Phi) is 7.18. The minimum atomic E-state index is -3.39. The molecule has 10 heteroatoms. The van der Waals surface area contributed by atoms with Crippen molar-refractivity contribution in [3.8, 4) is 5.75 Å². The van der Waals surface area contributed by atoms with Gasteiger partial charge in [-0.05, 0) is 57.7 Å². The van der Waals surface area contributed by atoms with Gasteiger partial charge in [-0.25, -0.2) is 17.6 Å². The van der Waals surface area contributed by atoms with E-state index in [2.05, 4.69) is 5.32 Å². The number of ether oxygens (including phenoxy) is 1. The van der Waals surface area contributed by atoms with Gasteiger partial charge in [-0.3, -0.25) is 10.1 Å². The van der Waals surface area contributed by atoms with Gasteiger partial charge in [-0.2, -0.15) is 0 Å². The molecule has 1 unspecified atom stereocenters. The molecular weight excluding hydrogens is 451 g/mol. The van der Waals surface area contributed by atoms with Crippen molar-refractivity contribution in [3.63, 3.8) is 0 Å². The van der Waals surface area contributed by atoms with Crippen molar-refractivity contribution in [2.24, 2.45) is 0 Å². The Hall–Kier alpha value is -2.46. The lowest BCUT2D eigenvalue weighted by Gasteiger charge is -2.20. The number of rotatable bonds is 11. The van der Waals surface area contributed by atoms with E-state index in [0.717, 1.165) is 0 Å². The normalized spacial score (nSPS) is 20.4. The van der Waals surface area contributed by atoms with Crippen LogP contribution in [0.25, 0.3) is 0 Å². The Morgan fingerprint density at radius 2 is 2.00 bits per heavy atom. The maximum Gasteiger partial charge on any atom is 0.325 e. The van der Waals surface area contributed by atoms with E-state index in [0.29, 0.717) is 24.8 Å². The summed E-state index contributed by atoms with van der Waals surface area (Å²) in [7, 11) is -3.39. The Morgan fingerprint density at radius 1 is 1.30 bits per heavy atom. The first-order chi connectivity index (χ1) is 15.3. The molecular formula is C23H31FN2O6S. The number of urea groups is 1. The number of carbonyl (C=O) groups is 2. The quantitative estimate of drug-likeness (QED) is 0.370. The molecule has 182 valence electrons. The first-order valence-electron chi connectivity index (χ1n) is 10.9. The number of amides is 3. The summed E-state index contributed by atoms with van der Waals surface area (Å²) in [5, 5.41) is 12.0. The van der Waals surface area contributed by atoms with Crippen LogP contribution in [0.3, 0.4) is 0 Å². The Bertz CT molecular complexity index is 1040. The lowest BCUT2D eigenvalue weighted by molar-refractivity contribution is -0.120. The van der Waals surface area contributed by atoms with Crippen molar-refractivity contribution in [1.82, 2.24) is 10.2 Å². The van der Waals surface area contributed by atoms with E-state index in [1.807, 2.05) is 0 Å². The summed E-state index contributed by atoms with van der Waals surface area (Å²) in [6.45, 7) is 4.88. The fourth-order valence-corrected chi connectivity index (χ4v) is 5.69. The summed E-state index contributed by atoms with van der Waals surface area (Å²) in [4.78, 5) is 24.5. The third-order valence-corrected chi connectivity index (χ3v) is 7.73. The lowest BCUT2D eigenvalue weighted by atomic mass is 9.98. The molecule has 1 aromatic rings. The van der Waals surface area contributed by atoms with Crippen LogP contribution in [0.1, 0.15) is 45.6 Å². The van der Waals surface area contributed by atoms with E-state index in [-0.39, 0.29) is 36.3 Å². The topological polar surface area (TPSA) is 113 Å². The van der Waals surface area contributed by atoms with E-state index in [1.165, 1.54) is 17.0 Å². The van der Waals surface area contributed by atoms with E-state index < -0.39 is 38.7 Å². The van der Waals surface area contributed by atoms with Gasteiger partial charge in [0.1, 0.15) is 12.6 Å². The van der Waals surface area contributed by atoms with E-state index >= 15 is 0 Å². The zero-order chi connectivity index (χ0) is 24.4. The molecule has 1 atom stereocenters. The zero-order valence-electron chi connectivity index (χ0n) is 19.1. The van der Waals surface area contributed by atoms with Crippen molar-refractivity contribution in [1.29, 1.82) is 0 Å². The molecule has 1 saturated carbocycles. The fourth-order valence-electron chi connectivity index (χ4n) is 3.75. The second-order valence-electron chi connectivity index (χ2n) is 9.50. The third-order valence-electron chi connectivity index (χ3n) is 5.88. The molecule has 0 spiro atoms. The molecule has 3 rings (SSSR count). The van der Waals surface area contributed by atoms with Crippen LogP contribution in [-0.2, 0) is 20.0 Å². The predicted octanol–water partition coefficient (Wildman–Crippen LogP) is 2.31. The number of imide groups is 1. The van der Waals surface area contributed by atoms with Crippen molar-refractivity contribution in [2.45, 2.75) is 57.1 Å². The molecule has 1 heterocycles. The van der Waals surface area contributed by atoms with Gasteiger partial charge < -0.3 is 14.7 Å². The van der Waals surface area contributed by atoms with Crippen LogP contribution in [0.15, 0.2) is 30.4 Å². The lowest BCUT2D eigenvalue weighted by Crippen LogP contribution is -2.32. The van der Waals surface area contributed by atoms with Gasteiger partial charge in [-0.15, -0.1) is 0 Å². The number of hydrogen-bond donors (Lipinski definition) is 2. The van der Waals surface area contributed by atoms with E-state index in [1.54, 1.807) is 39.0 Å². The first kappa shape index (κ1) is 25.2. The van der Waals surface area contributed by atoms with Gasteiger partial charge in [0.15, 0.2) is 21.4 Å². The number of allylic oxidation sites excluding steroid dienone is 1. The minimum absolute atomic E-state index is 0.000101. The molecule has 1 aromatic carbocycles. The van der Waals surface area contributed by atoms with Gasteiger partial charge in [0.25, 0.3) is 5.91 Å². The molecule has 2 aliphatic rings. The molecule has 2 fully saturated rings. The minimum Gasteiger partial charge on any atom is -0.488 e. The molecule has 33 heavy (non-hydrogen) atoms. The number of hydrogen-bond acceptors (Lipinski definition) is 6. The average Bonchev–Trinajstić information content (AvgIpc) is 3.43. The van der Waals surface area contributed by atoms with Crippen LogP contribution < -0.4 is 10.1 Å². The number of halogens is 1. The molecule has 1 saturated heterocycles. The largest absolute Gasteiger partial charge is 0.488 e. The second kappa shape index (κ2) is 9.42. The highest BCUT2D eigenvalue weighted by molar-refractivity contribution is 7.91. The fraction of sp³-hybridized carbons (Fsp3) is 0.565. The monoisotopic (exact) mass is 482 g/mol. The van der Waals surface area contributed by atoms with Crippen LogP contribution in [-0.4, -0.2) is 66.7 Å². The smallest absolute Gasteiger partial charge is 0.325 e. The maximum atomic E-state index is 14.1. The highest BCUT2D eigenvalue weighted by Gasteiger charge is 2.47. The summed E-state index contributed by atoms with van der Waals surface area (Å²) < 4.78 is 45.0. The van der Waals surface area contributed by atoms with Crippen molar-refractivity contribution in [3.05, 3.63) is 41.7 Å². The van der Waals surface area contributed by atoms with Crippen molar-refractivity contribution in [2.75, 3.05) is 24.7 Å². The van der Waals surface area contributed by atoms with Crippen molar-refractivity contribution >= 4 is 21.8 Å². The van der Waals surface area contributed by atoms with Crippen LogP contribution in [0.4, 0.5) is 9.18 Å². The van der Waals surface area contributed by atoms with Gasteiger partial charge in [-0.1, -0.05) is 18.2 Å². The summed E-state index contributed by atoms with van der Waals surface area (Å²) in [6, 6.07) is 3.40. The standard InChI is InChI=1S/C23H31FN2O6S/c1-16-20(27)25-21(28)26(16)11-5-4-6-12-33(30,31)15-23(9-10-23)17-7-8-18(24)19(13-17)32-14-22(2,3)29/h4-5,7-8,13,16,29H,6,9-12,14-15H2,1-3H3,(H,25,27,28)/b5-4+. The van der Waals surface area contributed by atoms with Gasteiger partial charge in [0.05, 0.1) is 17.1 Å². The molecule has 3 amide bonds. The van der Waals surface area contributed by atoms with E-state index in [9.17, 15) is 27.5 Å². The average molecular weight is 483 g/mol. The Balaban J connectivity index is 1.56. The Morgan fingerprint density at radius 3 is 2.58 bits per heavy atom. The molecule has 1 aliphatic heterocycles. The molecule has 2 N–H and O–H groups in total. The molecule has 1 aliphatic carbocycles. The zero-order valence-corrected chi connectivity index (χ0v) is 20.0. The SMILES string of the molecule is CC1C(=O)NC(=O)N1C/C=C/CCS(=O)(=O)CC1(c2ccc(F)c(OCC(C)(C)O)c2)CC1. The summed E-state index contributed by atoms with van der Waals surface area (Å²) in [6.07, 6.45) is 5.05. The van der Waals surface area contributed by atoms with Crippen LogP contribution in [0.5, 0.6) is 5.75 Å². The van der Waals surface area contributed by atoms with E-state index in [4.69, 9.17) is 4.74 Å². The number of sulfone groups is 1. The number of benzene rings is 1. The second-order valence-corrected chi connectivity index (χ2v) is 11.7. The maximum absolute atomic E-state index is 14.1. The predicted molar refractivity (Wildman–Crippen MR) is 121 cm³/mol. The number of aliphatic hydroxyl groups is 1. The van der Waals surface area contributed by atoms with Gasteiger partial charge >= 0.3 is 6.03 Å². The highest BCUT2D eigenvalue weighted by atomic mass is 32.2. The summed E-state index contributed by atoms with van der Waals surface area (Å²) >= 11 is 0.